The molecule has 0 radical (unpaired) electrons. The van der Waals surface area contributed by atoms with E-state index in [1.165, 1.54) is 0 Å². The van der Waals surface area contributed by atoms with Crippen LogP contribution in [0, 0.1) is 0 Å². The Morgan fingerprint density at radius 2 is 1.80 bits per heavy atom. The molecule has 0 aliphatic heterocycles. The Kier molecular flexibility index (Phi) is 7.38. The lowest BCUT2D eigenvalue weighted by molar-refractivity contribution is -0.115. The van der Waals surface area contributed by atoms with Crippen molar-refractivity contribution >= 4 is 17.5 Å². The van der Waals surface area contributed by atoms with Crippen molar-refractivity contribution in [3.8, 4) is 11.5 Å². The van der Waals surface area contributed by atoms with Crippen molar-refractivity contribution in [2.45, 2.75) is 13.5 Å². The molecule has 0 atom stereocenters. The molecule has 0 saturated carbocycles. The van der Waals surface area contributed by atoms with Crippen LogP contribution in [0.25, 0.3) is 0 Å². The minimum absolute atomic E-state index is 0.146. The summed E-state index contributed by atoms with van der Waals surface area (Å²) in [6.45, 7) is 2.68. The van der Waals surface area contributed by atoms with Gasteiger partial charge in [0, 0.05) is 35.3 Å². The molecule has 7 heteroatoms. The van der Waals surface area contributed by atoms with Crippen LogP contribution >= 0.6 is 0 Å². The summed E-state index contributed by atoms with van der Waals surface area (Å²) >= 11 is 0. The van der Waals surface area contributed by atoms with Crippen molar-refractivity contribution in [3.05, 3.63) is 84.2 Å². The standard InChI is InChI=1S/C23H23N3O4/c1-2-29-20-10-8-18(9-11-20)23(28)25-15-22(27)26-19-6-3-7-21(13-19)30-16-17-5-4-12-24-14-17/h3-14H,2,15-16H2,1H3,(H,25,28)(H,26,27). The summed E-state index contributed by atoms with van der Waals surface area (Å²) < 4.78 is 11.1. The third kappa shape index (κ3) is 6.34. The number of ether oxygens (including phenoxy) is 2. The van der Waals surface area contributed by atoms with Gasteiger partial charge < -0.3 is 20.1 Å². The van der Waals surface area contributed by atoms with Gasteiger partial charge in [-0.15, -0.1) is 0 Å². The van der Waals surface area contributed by atoms with E-state index in [-0.39, 0.29) is 18.4 Å². The van der Waals surface area contributed by atoms with Gasteiger partial charge >= 0.3 is 0 Å². The largest absolute Gasteiger partial charge is 0.494 e. The van der Waals surface area contributed by atoms with Crippen molar-refractivity contribution in [1.29, 1.82) is 0 Å². The Hall–Kier alpha value is -3.87. The maximum absolute atomic E-state index is 12.2. The molecule has 3 aromatic rings. The number of amides is 2. The summed E-state index contributed by atoms with van der Waals surface area (Å²) in [6, 6.07) is 17.6. The molecular weight excluding hydrogens is 382 g/mol. The van der Waals surface area contributed by atoms with Crippen LogP contribution in [-0.4, -0.2) is 29.9 Å². The van der Waals surface area contributed by atoms with Crippen molar-refractivity contribution in [1.82, 2.24) is 10.3 Å². The molecular formula is C23H23N3O4. The highest BCUT2D eigenvalue weighted by molar-refractivity contribution is 5.99. The monoisotopic (exact) mass is 405 g/mol. The zero-order valence-electron chi connectivity index (χ0n) is 16.6. The predicted octanol–water partition coefficient (Wildman–Crippen LogP) is 3.43. The molecule has 7 nitrogen and oxygen atoms in total. The van der Waals surface area contributed by atoms with Crippen LogP contribution in [-0.2, 0) is 11.4 Å². The topological polar surface area (TPSA) is 89.5 Å². The van der Waals surface area contributed by atoms with Crippen LogP contribution in [0.4, 0.5) is 5.69 Å². The summed E-state index contributed by atoms with van der Waals surface area (Å²) in [5, 5.41) is 5.35. The Bertz CT molecular complexity index is 975. The Labute approximate surface area is 175 Å². The van der Waals surface area contributed by atoms with E-state index in [9.17, 15) is 9.59 Å². The van der Waals surface area contributed by atoms with Crippen LogP contribution in [0.3, 0.4) is 0 Å². The Morgan fingerprint density at radius 1 is 0.967 bits per heavy atom. The van der Waals surface area contributed by atoms with Crippen LogP contribution in [0.5, 0.6) is 11.5 Å². The molecule has 0 aliphatic carbocycles. The molecule has 0 unspecified atom stereocenters. The van der Waals surface area contributed by atoms with Crippen LogP contribution in [0.1, 0.15) is 22.8 Å². The van der Waals surface area contributed by atoms with Gasteiger partial charge in [-0.25, -0.2) is 0 Å². The number of aromatic nitrogens is 1. The molecule has 2 amide bonds. The minimum atomic E-state index is -0.335. The van der Waals surface area contributed by atoms with Gasteiger partial charge in [0.1, 0.15) is 18.1 Å². The first kappa shape index (κ1) is 20.9. The van der Waals surface area contributed by atoms with Gasteiger partial charge in [-0.05, 0) is 49.4 Å². The van der Waals surface area contributed by atoms with E-state index in [2.05, 4.69) is 15.6 Å². The first-order valence-electron chi connectivity index (χ1n) is 9.56. The second-order valence-corrected chi connectivity index (χ2v) is 6.37. The van der Waals surface area contributed by atoms with Gasteiger partial charge in [0.2, 0.25) is 5.91 Å². The Morgan fingerprint density at radius 3 is 2.53 bits per heavy atom. The highest BCUT2D eigenvalue weighted by Gasteiger charge is 2.09. The molecule has 0 aliphatic rings. The molecule has 1 aromatic heterocycles. The number of nitrogens with zero attached hydrogens (tertiary/aromatic N) is 1. The number of nitrogens with one attached hydrogen (secondary N) is 2. The molecule has 2 N–H and O–H groups in total. The van der Waals surface area contributed by atoms with Crippen molar-refractivity contribution < 1.29 is 19.1 Å². The molecule has 30 heavy (non-hydrogen) atoms. The van der Waals surface area contributed by atoms with Crippen LogP contribution < -0.4 is 20.1 Å². The zero-order valence-corrected chi connectivity index (χ0v) is 16.6. The van der Waals surface area contributed by atoms with Crippen LogP contribution in [0.15, 0.2) is 73.1 Å². The number of carbonyl (C=O) groups is 2. The summed E-state index contributed by atoms with van der Waals surface area (Å²) in [5.41, 5.74) is 1.99. The minimum Gasteiger partial charge on any atom is -0.494 e. The van der Waals surface area contributed by atoms with Gasteiger partial charge in [0.25, 0.3) is 5.91 Å². The molecule has 154 valence electrons. The summed E-state index contributed by atoms with van der Waals surface area (Å²) in [6.07, 6.45) is 3.44. The van der Waals surface area contributed by atoms with Gasteiger partial charge in [0.15, 0.2) is 0 Å². The van der Waals surface area contributed by atoms with Gasteiger partial charge in [-0.2, -0.15) is 0 Å². The van der Waals surface area contributed by atoms with E-state index in [1.807, 2.05) is 19.1 Å². The molecule has 0 spiro atoms. The third-order valence-electron chi connectivity index (χ3n) is 4.08. The predicted molar refractivity (Wildman–Crippen MR) is 114 cm³/mol. The first-order chi connectivity index (χ1) is 14.6. The smallest absolute Gasteiger partial charge is 0.251 e. The average Bonchev–Trinajstić information content (AvgIpc) is 2.78. The fourth-order valence-electron chi connectivity index (χ4n) is 2.65. The second-order valence-electron chi connectivity index (χ2n) is 6.37. The van der Waals surface area contributed by atoms with E-state index >= 15 is 0 Å². The van der Waals surface area contributed by atoms with Gasteiger partial charge in [-0.1, -0.05) is 12.1 Å². The lowest BCUT2D eigenvalue weighted by Gasteiger charge is -2.10. The first-order valence-corrected chi connectivity index (χ1v) is 9.56. The zero-order chi connectivity index (χ0) is 21.2. The maximum atomic E-state index is 12.2. The van der Waals surface area contributed by atoms with Crippen molar-refractivity contribution in [3.63, 3.8) is 0 Å². The fraction of sp³-hybridized carbons (Fsp3) is 0.174. The molecule has 0 saturated heterocycles. The fourth-order valence-corrected chi connectivity index (χ4v) is 2.65. The number of hydrogen-bond donors (Lipinski definition) is 2. The summed E-state index contributed by atoms with van der Waals surface area (Å²) in [7, 11) is 0. The lowest BCUT2D eigenvalue weighted by atomic mass is 10.2. The number of pyridine rings is 1. The van der Waals surface area contributed by atoms with E-state index in [1.54, 1.807) is 60.9 Å². The van der Waals surface area contributed by atoms with Crippen molar-refractivity contribution in [2.24, 2.45) is 0 Å². The summed E-state index contributed by atoms with van der Waals surface area (Å²) in [4.78, 5) is 28.4. The third-order valence-corrected chi connectivity index (χ3v) is 4.08. The number of anilines is 1. The molecule has 1 heterocycles. The summed E-state index contributed by atoms with van der Waals surface area (Å²) in [5.74, 6) is 0.646. The van der Waals surface area contributed by atoms with Crippen molar-refractivity contribution in [2.75, 3.05) is 18.5 Å². The van der Waals surface area contributed by atoms with E-state index in [4.69, 9.17) is 9.47 Å². The maximum Gasteiger partial charge on any atom is 0.251 e. The second kappa shape index (κ2) is 10.6. The lowest BCUT2D eigenvalue weighted by Crippen LogP contribution is -2.32. The number of hydrogen-bond acceptors (Lipinski definition) is 5. The molecule has 0 fully saturated rings. The number of rotatable bonds is 9. The molecule has 0 bridgehead atoms. The Balaban J connectivity index is 1.47. The molecule has 3 rings (SSSR count). The highest BCUT2D eigenvalue weighted by atomic mass is 16.5. The SMILES string of the molecule is CCOc1ccc(C(=O)NCC(=O)Nc2cccc(OCc3cccnc3)c2)cc1. The van der Waals surface area contributed by atoms with Gasteiger partial charge in [0.05, 0.1) is 13.2 Å². The quantitative estimate of drug-likeness (QED) is 0.569. The molecule has 2 aromatic carbocycles. The highest BCUT2D eigenvalue weighted by Crippen LogP contribution is 2.18. The van der Waals surface area contributed by atoms with Crippen LogP contribution in [0.2, 0.25) is 0 Å². The van der Waals surface area contributed by atoms with E-state index in [0.717, 1.165) is 5.56 Å². The average molecular weight is 405 g/mol. The van der Waals surface area contributed by atoms with E-state index in [0.29, 0.717) is 36.0 Å². The normalized spacial score (nSPS) is 10.2. The van der Waals surface area contributed by atoms with Gasteiger partial charge in [-0.3, -0.25) is 14.6 Å². The number of benzene rings is 2. The van der Waals surface area contributed by atoms with E-state index < -0.39 is 0 Å². The number of carbonyl (C=O) groups excluding carboxylic acids is 2.